The van der Waals surface area contributed by atoms with Gasteiger partial charge in [-0.15, -0.1) is 0 Å². The first kappa shape index (κ1) is 39.6. The topological polar surface area (TPSA) is 109 Å². The van der Waals surface area contributed by atoms with Gasteiger partial charge in [0.1, 0.15) is 5.75 Å². The summed E-state index contributed by atoms with van der Waals surface area (Å²) in [6.45, 7) is 15.5. The molecular formula is C33H42N3O6Re-3. The van der Waals surface area contributed by atoms with Gasteiger partial charge in [0.2, 0.25) is 0 Å². The quantitative estimate of drug-likeness (QED) is 0.152. The number of ether oxygens (including phenoxy) is 2. The summed E-state index contributed by atoms with van der Waals surface area (Å²) in [6.07, 6.45) is 7.68. The van der Waals surface area contributed by atoms with Gasteiger partial charge in [0, 0.05) is 58.4 Å². The fourth-order valence-corrected chi connectivity index (χ4v) is 4.98. The maximum Gasteiger partial charge on any atom is 0.161 e. The molecule has 0 saturated heterocycles. The van der Waals surface area contributed by atoms with Gasteiger partial charge in [-0.1, -0.05) is 37.1 Å². The Kier molecular flexibility index (Phi) is 22.2. The minimum atomic E-state index is 0. The van der Waals surface area contributed by atoms with E-state index in [4.69, 9.17) is 23.9 Å². The standard InChI is InChI=1S/C30H39N3O3.3CHO.Re/c1-35-29-19-24-14-18-32(22-26(24)20-30(29)36-2)16-9-3-4-10-17-33(23-27-12-7-8-15-31-27)21-25-11-5-6-13-28(25)34;3*1-2;/h5-8,11-13,15,19-20,34H,3-4,9-10,14,16-18,21-23H2,1-2H3;3*1H;/q;3*-1;. The van der Waals surface area contributed by atoms with Crippen molar-refractivity contribution in [3.8, 4) is 17.2 Å². The zero-order valence-electron chi connectivity index (χ0n) is 25.0. The molecule has 9 nitrogen and oxygen atoms in total. The van der Waals surface area contributed by atoms with Gasteiger partial charge in [0.15, 0.2) is 11.5 Å². The normalized spacial score (nSPS) is 11.6. The van der Waals surface area contributed by atoms with Crippen LogP contribution in [0.3, 0.4) is 0 Å². The molecule has 0 unspecified atom stereocenters. The summed E-state index contributed by atoms with van der Waals surface area (Å²) in [6, 6.07) is 18.0. The predicted molar refractivity (Wildman–Crippen MR) is 164 cm³/mol. The summed E-state index contributed by atoms with van der Waals surface area (Å²) in [5, 5.41) is 10.2. The Labute approximate surface area is 269 Å². The first-order valence-corrected chi connectivity index (χ1v) is 13.7. The van der Waals surface area contributed by atoms with Crippen LogP contribution >= 0.6 is 0 Å². The molecule has 0 bridgehead atoms. The number of carbonyl (C=O) groups excluding carboxylic acids is 3. The summed E-state index contributed by atoms with van der Waals surface area (Å²) in [7, 11) is 3.40. The van der Waals surface area contributed by atoms with Gasteiger partial charge in [-0.05, 0) is 73.8 Å². The third kappa shape index (κ3) is 13.6. The molecule has 43 heavy (non-hydrogen) atoms. The van der Waals surface area contributed by atoms with Crippen LogP contribution in [-0.2, 0) is 60.9 Å². The van der Waals surface area contributed by atoms with E-state index in [9.17, 15) is 5.11 Å². The van der Waals surface area contributed by atoms with Crippen molar-refractivity contribution in [2.75, 3.05) is 33.9 Å². The third-order valence-corrected chi connectivity index (χ3v) is 6.99. The fraction of sp³-hybridized carbons (Fsp3) is 0.394. The summed E-state index contributed by atoms with van der Waals surface area (Å²) >= 11 is 0. The largest absolute Gasteiger partial charge is 0.545 e. The van der Waals surface area contributed by atoms with Crippen molar-refractivity contribution in [2.24, 2.45) is 0 Å². The predicted octanol–water partition coefficient (Wildman–Crippen LogP) is 4.60. The Bertz CT molecular complexity index is 1150. The van der Waals surface area contributed by atoms with Crippen LogP contribution in [0.15, 0.2) is 60.8 Å². The first-order chi connectivity index (χ1) is 20.7. The molecule has 2 heterocycles. The van der Waals surface area contributed by atoms with Gasteiger partial charge in [0.05, 0.1) is 19.9 Å². The van der Waals surface area contributed by atoms with E-state index < -0.39 is 0 Å². The third-order valence-electron chi connectivity index (χ3n) is 6.99. The number of nitrogens with zero attached hydrogens (tertiary/aromatic N) is 3. The van der Waals surface area contributed by atoms with E-state index in [0.29, 0.717) is 5.75 Å². The summed E-state index contributed by atoms with van der Waals surface area (Å²) in [5.41, 5.74) is 4.76. The van der Waals surface area contributed by atoms with E-state index in [2.05, 4.69) is 53.4 Å². The molecule has 0 saturated carbocycles. The summed E-state index contributed by atoms with van der Waals surface area (Å²) in [4.78, 5) is 32.7. The van der Waals surface area contributed by atoms with Gasteiger partial charge in [-0.3, -0.25) is 35.2 Å². The minimum absolute atomic E-state index is 0. The molecule has 10 heteroatoms. The van der Waals surface area contributed by atoms with Crippen molar-refractivity contribution < 1.29 is 49.4 Å². The summed E-state index contributed by atoms with van der Waals surface area (Å²) in [5.74, 6) is 2.00. The van der Waals surface area contributed by atoms with Gasteiger partial charge >= 0.3 is 0 Å². The number of aromatic hydroxyl groups is 1. The number of rotatable bonds is 13. The molecule has 4 rings (SSSR count). The van der Waals surface area contributed by atoms with Crippen LogP contribution in [0.1, 0.15) is 48.1 Å². The number of phenols is 1. The monoisotopic (exact) mass is 763 g/mol. The Hall–Kier alpha value is -3.42. The Morgan fingerprint density at radius 1 is 0.837 bits per heavy atom. The smallest absolute Gasteiger partial charge is 0.161 e. The van der Waals surface area contributed by atoms with Crippen molar-refractivity contribution in [1.82, 2.24) is 14.8 Å². The van der Waals surface area contributed by atoms with E-state index in [-0.39, 0.29) is 20.4 Å². The minimum Gasteiger partial charge on any atom is -0.545 e. The molecule has 1 aliphatic rings. The Balaban J connectivity index is 0.00000237. The van der Waals surface area contributed by atoms with Crippen molar-refractivity contribution in [3.63, 3.8) is 0 Å². The number of aromatic nitrogens is 1. The van der Waals surface area contributed by atoms with Crippen molar-refractivity contribution in [2.45, 2.75) is 51.7 Å². The van der Waals surface area contributed by atoms with E-state index in [1.807, 2.05) is 36.5 Å². The Morgan fingerprint density at radius 2 is 1.47 bits per heavy atom. The molecule has 0 aliphatic carbocycles. The molecular weight excluding hydrogens is 721 g/mol. The average molecular weight is 763 g/mol. The average Bonchev–Trinajstić information content (AvgIpc) is 3.06. The number of methoxy groups -OCH3 is 2. The van der Waals surface area contributed by atoms with E-state index in [0.717, 1.165) is 74.9 Å². The van der Waals surface area contributed by atoms with Crippen LogP contribution in [0.2, 0.25) is 0 Å². The summed E-state index contributed by atoms with van der Waals surface area (Å²) < 4.78 is 11.0. The van der Waals surface area contributed by atoms with Crippen LogP contribution in [0.25, 0.3) is 0 Å². The van der Waals surface area contributed by atoms with Crippen LogP contribution in [0, 0.1) is 0 Å². The maximum atomic E-state index is 10.2. The number of phenolic OH excluding ortho intramolecular Hbond substituents is 1. The van der Waals surface area contributed by atoms with Gasteiger partial charge in [0.25, 0.3) is 0 Å². The number of pyridine rings is 1. The van der Waals surface area contributed by atoms with Gasteiger partial charge in [-0.25, -0.2) is 0 Å². The number of hydrogen-bond donors (Lipinski definition) is 1. The van der Waals surface area contributed by atoms with E-state index >= 15 is 0 Å². The molecule has 235 valence electrons. The molecule has 1 N–H and O–H groups in total. The second-order valence-corrected chi connectivity index (χ2v) is 9.58. The van der Waals surface area contributed by atoms with Crippen LogP contribution < -0.4 is 9.47 Å². The van der Waals surface area contributed by atoms with Crippen LogP contribution in [-0.4, -0.2) is 74.1 Å². The van der Waals surface area contributed by atoms with Gasteiger partial charge in [-0.2, -0.15) is 0 Å². The molecule has 0 amide bonds. The van der Waals surface area contributed by atoms with E-state index in [1.54, 1.807) is 20.3 Å². The molecule has 2 aromatic carbocycles. The van der Waals surface area contributed by atoms with Crippen molar-refractivity contribution in [1.29, 1.82) is 0 Å². The molecule has 0 fully saturated rings. The van der Waals surface area contributed by atoms with Crippen molar-refractivity contribution in [3.05, 3.63) is 83.2 Å². The van der Waals surface area contributed by atoms with Gasteiger partial charge < -0.3 is 29.0 Å². The molecule has 1 radical (unpaired) electrons. The number of para-hydroxylation sites is 1. The fourth-order valence-electron chi connectivity index (χ4n) is 4.98. The van der Waals surface area contributed by atoms with Crippen LogP contribution in [0.4, 0.5) is 0 Å². The van der Waals surface area contributed by atoms with Crippen molar-refractivity contribution >= 4 is 20.4 Å². The van der Waals surface area contributed by atoms with Crippen LogP contribution in [0.5, 0.6) is 17.2 Å². The number of fused-ring (bicyclic) bond motifs is 1. The second-order valence-electron chi connectivity index (χ2n) is 9.58. The first-order valence-electron chi connectivity index (χ1n) is 13.7. The maximum absolute atomic E-state index is 10.2. The number of unbranched alkanes of at least 4 members (excludes halogenated alkanes) is 3. The zero-order valence-corrected chi connectivity index (χ0v) is 27.7. The van der Waals surface area contributed by atoms with E-state index in [1.165, 1.54) is 30.4 Å². The molecule has 0 spiro atoms. The number of hydrogen-bond acceptors (Lipinski definition) is 9. The second kappa shape index (κ2) is 24.1. The number of benzene rings is 2. The molecule has 1 aromatic heterocycles. The SMILES string of the molecule is COc1cc2c(cc1OC)CN(CCCCCCN(Cc1ccccn1)Cc1ccccc1O)CC2.[CH-]=O.[CH-]=O.[CH-]=O.[Re]. The molecule has 0 atom stereocenters. The molecule has 1 aliphatic heterocycles. The molecule has 3 aromatic rings. The Morgan fingerprint density at radius 3 is 2.09 bits per heavy atom. The zero-order chi connectivity index (χ0) is 31.2.